The molecule has 2 aromatic carbocycles. The number of nitrogens with two attached hydrogens (primary N) is 1. The van der Waals surface area contributed by atoms with E-state index in [0.29, 0.717) is 0 Å². The number of carbonyl (C=O) groups is 1. The van der Waals surface area contributed by atoms with Gasteiger partial charge in [-0.25, -0.2) is 14.8 Å². The highest BCUT2D eigenvalue weighted by atomic mass is 16.2. The van der Waals surface area contributed by atoms with Gasteiger partial charge in [0.2, 0.25) is 0 Å². The van der Waals surface area contributed by atoms with Gasteiger partial charge in [0.1, 0.15) is 0 Å². The fraction of sp³-hybridized carbons (Fsp3) is 0.278. The summed E-state index contributed by atoms with van der Waals surface area (Å²) in [4.78, 5) is 12.0. The average Bonchev–Trinajstić information content (AvgIpc) is 2.57. The summed E-state index contributed by atoms with van der Waals surface area (Å²) in [5, 5.41) is 3.67. The second-order valence-electron chi connectivity index (χ2n) is 5.58. The Balaban J connectivity index is 1.93. The molecule has 1 fully saturated rings. The highest BCUT2D eigenvalue weighted by molar-refractivity contribution is 5.90. The van der Waals surface area contributed by atoms with Crippen LogP contribution in [-0.2, 0) is 0 Å². The van der Waals surface area contributed by atoms with Crippen molar-refractivity contribution in [2.75, 3.05) is 18.1 Å². The minimum atomic E-state index is -0.424. The second kappa shape index (κ2) is 6.62. The molecule has 0 radical (unpaired) electrons. The van der Waals surface area contributed by atoms with E-state index in [0.717, 1.165) is 42.7 Å². The molecule has 0 aromatic heterocycles. The van der Waals surface area contributed by atoms with Crippen LogP contribution in [-0.4, -0.2) is 24.1 Å². The number of rotatable bonds is 3. The molecule has 2 amide bonds. The second-order valence-corrected chi connectivity index (χ2v) is 5.58. The number of piperidine rings is 1. The van der Waals surface area contributed by atoms with E-state index >= 15 is 0 Å². The first-order valence-electron chi connectivity index (χ1n) is 7.75. The molecule has 1 aliphatic heterocycles. The van der Waals surface area contributed by atoms with Crippen molar-refractivity contribution in [3.63, 3.8) is 0 Å². The Morgan fingerprint density at radius 1 is 0.909 bits per heavy atom. The Hall–Kier alpha value is -2.33. The van der Waals surface area contributed by atoms with Crippen molar-refractivity contribution < 1.29 is 4.79 Å². The molecule has 1 aliphatic rings. The zero-order chi connectivity index (χ0) is 15.4. The molecular weight excluding hydrogens is 274 g/mol. The Morgan fingerprint density at radius 3 is 2.27 bits per heavy atom. The number of amides is 2. The molecule has 0 atom stereocenters. The van der Waals surface area contributed by atoms with Crippen molar-refractivity contribution >= 4 is 11.7 Å². The first kappa shape index (κ1) is 14.6. The Morgan fingerprint density at radius 2 is 1.59 bits per heavy atom. The Bertz CT molecular complexity index is 636. The van der Waals surface area contributed by atoms with Crippen molar-refractivity contribution in [2.24, 2.45) is 5.73 Å². The number of nitrogens with zero attached hydrogens (tertiary/aromatic N) is 2. The molecule has 2 N–H and O–H groups in total. The van der Waals surface area contributed by atoms with Gasteiger partial charge in [-0.3, -0.25) is 0 Å². The van der Waals surface area contributed by atoms with E-state index in [1.54, 1.807) is 5.01 Å². The third kappa shape index (κ3) is 3.12. The van der Waals surface area contributed by atoms with Crippen molar-refractivity contribution in [1.82, 2.24) is 5.01 Å². The molecule has 1 heterocycles. The van der Waals surface area contributed by atoms with Gasteiger partial charge in [0.15, 0.2) is 0 Å². The predicted molar refractivity (Wildman–Crippen MR) is 89.4 cm³/mol. The normalized spacial score (nSPS) is 15.5. The van der Waals surface area contributed by atoms with E-state index in [4.69, 9.17) is 5.73 Å². The monoisotopic (exact) mass is 295 g/mol. The first-order valence-corrected chi connectivity index (χ1v) is 7.75. The molecule has 1 saturated heterocycles. The van der Waals surface area contributed by atoms with Gasteiger partial charge in [-0.15, -0.1) is 0 Å². The predicted octanol–water partition coefficient (Wildman–Crippen LogP) is 3.64. The van der Waals surface area contributed by atoms with Crippen LogP contribution in [0.15, 0.2) is 54.6 Å². The molecule has 4 nitrogen and oxygen atoms in total. The number of anilines is 1. The van der Waals surface area contributed by atoms with Gasteiger partial charge in [0, 0.05) is 13.1 Å². The van der Waals surface area contributed by atoms with Crippen LogP contribution >= 0.6 is 0 Å². The zero-order valence-corrected chi connectivity index (χ0v) is 12.6. The molecular formula is C18H21N3O. The molecule has 0 bridgehead atoms. The largest absolute Gasteiger partial charge is 0.350 e. The third-order valence-electron chi connectivity index (χ3n) is 4.02. The van der Waals surface area contributed by atoms with Crippen LogP contribution in [0.25, 0.3) is 11.1 Å². The molecule has 0 aliphatic carbocycles. The van der Waals surface area contributed by atoms with Gasteiger partial charge in [0.05, 0.1) is 5.69 Å². The lowest BCUT2D eigenvalue weighted by atomic mass is 10.1. The number of urea groups is 1. The van der Waals surface area contributed by atoms with Gasteiger partial charge in [-0.2, -0.15) is 0 Å². The van der Waals surface area contributed by atoms with Crippen LogP contribution < -0.4 is 10.7 Å². The van der Waals surface area contributed by atoms with Gasteiger partial charge in [-0.05, 0) is 36.1 Å². The SMILES string of the molecule is NC(=O)N(c1cccc(-c2ccccc2)c1)N1CCCCC1. The molecule has 0 unspecified atom stereocenters. The van der Waals surface area contributed by atoms with E-state index in [1.165, 1.54) is 6.42 Å². The van der Waals surface area contributed by atoms with Gasteiger partial charge >= 0.3 is 6.03 Å². The summed E-state index contributed by atoms with van der Waals surface area (Å²) in [5.74, 6) is 0. The fourth-order valence-electron chi connectivity index (χ4n) is 2.95. The summed E-state index contributed by atoms with van der Waals surface area (Å²) < 4.78 is 0. The minimum Gasteiger partial charge on any atom is -0.350 e. The van der Waals surface area contributed by atoms with Crippen molar-refractivity contribution in [2.45, 2.75) is 19.3 Å². The summed E-state index contributed by atoms with van der Waals surface area (Å²) in [6.45, 7) is 1.75. The van der Waals surface area contributed by atoms with Crippen LogP contribution in [0.4, 0.5) is 10.5 Å². The van der Waals surface area contributed by atoms with E-state index in [1.807, 2.05) is 42.5 Å². The third-order valence-corrected chi connectivity index (χ3v) is 4.02. The number of carbonyl (C=O) groups excluding carboxylic acids is 1. The lowest BCUT2D eigenvalue weighted by molar-refractivity contribution is 0.197. The van der Waals surface area contributed by atoms with Crippen LogP contribution in [0.1, 0.15) is 19.3 Å². The number of benzene rings is 2. The summed E-state index contributed by atoms with van der Waals surface area (Å²) in [6, 6.07) is 17.7. The standard InChI is InChI=1S/C18H21N3O/c19-18(22)21(20-12-5-2-6-13-20)17-11-7-10-16(14-17)15-8-3-1-4-9-15/h1,3-4,7-11,14H,2,5-6,12-13H2,(H2,19,22). The lowest BCUT2D eigenvalue weighted by Gasteiger charge is -2.36. The van der Waals surface area contributed by atoms with Crippen molar-refractivity contribution in [3.8, 4) is 11.1 Å². The molecule has 2 aromatic rings. The van der Waals surface area contributed by atoms with E-state index in [9.17, 15) is 4.79 Å². The molecule has 0 saturated carbocycles. The maximum absolute atomic E-state index is 12.0. The lowest BCUT2D eigenvalue weighted by Crippen LogP contribution is -2.51. The number of hydrogen-bond donors (Lipinski definition) is 1. The van der Waals surface area contributed by atoms with Crippen LogP contribution in [0.3, 0.4) is 0 Å². The van der Waals surface area contributed by atoms with E-state index in [-0.39, 0.29) is 0 Å². The summed E-state index contributed by atoms with van der Waals surface area (Å²) >= 11 is 0. The van der Waals surface area contributed by atoms with Crippen molar-refractivity contribution in [3.05, 3.63) is 54.6 Å². The zero-order valence-electron chi connectivity index (χ0n) is 12.6. The Kier molecular flexibility index (Phi) is 4.39. The highest BCUT2D eigenvalue weighted by Crippen LogP contribution is 2.26. The summed E-state index contributed by atoms with van der Waals surface area (Å²) in [7, 11) is 0. The molecule has 114 valence electrons. The Labute approximate surface area is 131 Å². The molecule has 22 heavy (non-hydrogen) atoms. The highest BCUT2D eigenvalue weighted by Gasteiger charge is 2.23. The molecule has 3 rings (SSSR count). The summed E-state index contributed by atoms with van der Waals surface area (Å²) in [6.07, 6.45) is 3.41. The van der Waals surface area contributed by atoms with Crippen LogP contribution in [0.2, 0.25) is 0 Å². The molecule has 0 spiro atoms. The van der Waals surface area contributed by atoms with E-state index < -0.39 is 6.03 Å². The van der Waals surface area contributed by atoms with Gasteiger partial charge in [0.25, 0.3) is 0 Å². The van der Waals surface area contributed by atoms with Gasteiger partial charge in [-0.1, -0.05) is 48.9 Å². The molecule has 4 heteroatoms. The van der Waals surface area contributed by atoms with Crippen molar-refractivity contribution in [1.29, 1.82) is 0 Å². The topological polar surface area (TPSA) is 49.6 Å². The quantitative estimate of drug-likeness (QED) is 0.940. The van der Waals surface area contributed by atoms with Crippen LogP contribution in [0, 0.1) is 0 Å². The van der Waals surface area contributed by atoms with E-state index in [2.05, 4.69) is 17.1 Å². The maximum atomic E-state index is 12.0. The van der Waals surface area contributed by atoms with Crippen LogP contribution in [0.5, 0.6) is 0 Å². The average molecular weight is 295 g/mol. The minimum absolute atomic E-state index is 0.424. The first-order chi connectivity index (χ1) is 10.8. The summed E-state index contributed by atoms with van der Waals surface area (Å²) in [5.41, 5.74) is 8.68. The number of hydrazine groups is 1. The maximum Gasteiger partial charge on any atom is 0.334 e. The fourth-order valence-corrected chi connectivity index (χ4v) is 2.95. The van der Waals surface area contributed by atoms with Gasteiger partial charge < -0.3 is 5.73 Å². The smallest absolute Gasteiger partial charge is 0.334 e. The number of hydrogen-bond acceptors (Lipinski definition) is 2. The number of primary amides is 1.